The lowest BCUT2D eigenvalue weighted by Gasteiger charge is -2.20. The molecule has 1 unspecified atom stereocenters. The second-order valence-corrected chi connectivity index (χ2v) is 7.53. The summed E-state index contributed by atoms with van der Waals surface area (Å²) >= 11 is 0. The van der Waals surface area contributed by atoms with E-state index >= 15 is 0 Å². The molecule has 156 valence electrons. The number of amides is 1. The van der Waals surface area contributed by atoms with Crippen molar-refractivity contribution in [3.63, 3.8) is 0 Å². The second-order valence-electron chi connectivity index (χ2n) is 7.53. The van der Waals surface area contributed by atoms with Gasteiger partial charge >= 0.3 is 12.1 Å². The van der Waals surface area contributed by atoms with E-state index in [-0.39, 0.29) is 6.54 Å². The Labute approximate surface area is 170 Å². The Morgan fingerprint density at radius 2 is 1.79 bits per heavy atom. The molecule has 0 aliphatic heterocycles. The van der Waals surface area contributed by atoms with Crippen molar-refractivity contribution in [2.75, 3.05) is 6.54 Å². The predicted molar refractivity (Wildman–Crippen MR) is 106 cm³/mol. The fraction of sp³-hybridized carbons (Fsp3) is 0.364. The summed E-state index contributed by atoms with van der Waals surface area (Å²) in [5.41, 5.74) is 0.0367. The van der Waals surface area contributed by atoms with Crippen LogP contribution in [0, 0.1) is 5.82 Å². The quantitative estimate of drug-likeness (QED) is 0.683. The Hall–Kier alpha value is -3.09. The monoisotopic (exact) mass is 403 g/mol. The van der Waals surface area contributed by atoms with Crippen LogP contribution in [-0.2, 0) is 20.7 Å². The third-order valence-corrected chi connectivity index (χ3v) is 3.62. The normalized spacial score (nSPS) is 12.0. The van der Waals surface area contributed by atoms with Gasteiger partial charge in [0.05, 0.1) is 0 Å². The fourth-order valence-electron chi connectivity index (χ4n) is 2.48. The third kappa shape index (κ3) is 8.21. The molecule has 0 radical (unpaired) electrons. The van der Waals surface area contributed by atoms with Crippen molar-refractivity contribution in [3.8, 4) is 11.5 Å². The lowest BCUT2D eigenvalue weighted by atomic mass is 10.1. The number of ether oxygens (including phenoxy) is 3. The van der Waals surface area contributed by atoms with E-state index in [1.165, 1.54) is 12.1 Å². The first-order valence-electron chi connectivity index (χ1n) is 9.30. The summed E-state index contributed by atoms with van der Waals surface area (Å²) in [4.78, 5) is 23.6. The Kier molecular flexibility index (Phi) is 7.59. The number of hydrogen-bond donors (Lipinski definition) is 1. The van der Waals surface area contributed by atoms with Crippen LogP contribution in [0.5, 0.6) is 11.5 Å². The molecule has 1 amide bonds. The van der Waals surface area contributed by atoms with E-state index in [2.05, 4.69) is 5.32 Å². The topological polar surface area (TPSA) is 73.9 Å². The Balaban J connectivity index is 1.92. The van der Waals surface area contributed by atoms with Gasteiger partial charge in [-0.25, -0.2) is 9.18 Å². The molecule has 29 heavy (non-hydrogen) atoms. The van der Waals surface area contributed by atoms with Gasteiger partial charge in [-0.1, -0.05) is 24.3 Å². The number of halogens is 1. The number of para-hydroxylation sites is 1. The van der Waals surface area contributed by atoms with Gasteiger partial charge in [-0.05, 0) is 51.5 Å². The molecule has 1 N–H and O–H groups in total. The SMILES string of the molecule is CC(Cc1ccc(F)cc1Oc1ccccc1)OC(=O)CNC(=O)OC(C)(C)C. The first-order chi connectivity index (χ1) is 13.6. The molecule has 2 rings (SSSR count). The minimum Gasteiger partial charge on any atom is -0.461 e. The standard InChI is InChI=1S/C22H26FNO5/c1-15(27-20(25)14-24-21(26)29-22(2,3)4)12-16-10-11-17(23)13-19(16)28-18-8-6-5-7-9-18/h5-11,13,15H,12,14H2,1-4H3,(H,24,26). The first kappa shape index (κ1) is 22.2. The zero-order valence-corrected chi connectivity index (χ0v) is 17.0. The van der Waals surface area contributed by atoms with E-state index in [0.717, 1.165) is 0 Å². The van der Waals surface area contributed by atoms with Crippen molar-refractivity contribution in [1.29, 1.82) is 0 Å². The maximum atomic E-state index is 13.7. The summed E-state index contributed by atoms with van der Waals surface area (Å²) in [5, 5.41) is 2.35. The van der Waals surface area contributed by atoms with Gasteiger partial charge in [0.25, 0.3) is 0 Å². The molecule has 2 aromatic rings. The Morgan fingerprint density at radius 3 is 2.45 bits per heavy atom. The van der Waals surface area contributed by atoms with Crippen LogP contribution in [0.25, 0.3) is 0 Å². The van der Waals surface area contributed by atoms with E-state index in [4.69, 9.17) is 14.2 Å². The molecule has 0 fully saturated rings. The van der Waals surface area contributed by atoms with Gasteiger partial charge < -0.3 is 19.5 Å². The number of carbonyl (C=O) groups excluding carboxylic acids is 2. The zero-order valence-electron chi connectivity index (χ0n) is 17.0. The lowest BCUT2D eigenvalue weighted by Crippen LogP contribution is -2.36. The van der Waals surface area contributed by atoms with Gasteiger partial charge in [-0.15, -0.1) is 0 Å². The molecule has 0 saturated carbocycles. The summed E-state index contributed by atoms with van der Waals surface area (Å²) in [6, 6.07) is 13.2. The van der Waals surface area contributed by atoms with Gasteiger partial charge in [0.15, 0.2) is 0 Å². The van der Waals surface area contributed by atoms with E-state index in [1.54, 1.807) is 45.9 Å². The molecule has 0 aliphatic carbocycles. The van der Waals surface area contributed by atoms with Crippen LogP contribution in [0.1, 0.15) is 33.3 Å². The number of alkyl carbamates (subject to hydrolysis) is 1. The van der Waals surface area contributed by atoms with Crippen LogP contribution >= 0.6 is 0 Å². The molecule has 1 atom stereocenters. The summed E-state index contributed by atoms with van der Waals surface area (Å²) in [5.74, 6) is -0.0987. The third-order valence-electron chi connectivity index (χ3n) is 3.62. The van der Waals surface area contributed by atoms with Crippen molar-refractivity contribution in [2.24, 2.45) is 0 Å². The largest absolute Gasteiger partial charge is 0.461 e. The zero-order chi connectivity index (χ0) is 21.4. The van der Waals surface area contributed by atoms with E-state index in [0.29, 0.717) is 23.5 Å². The van der Waals surface area contributed by atoms with Crippen LogP contribution < -0.4 is 10.1 Å². The summed E-state index contributed by atoms with van der Waals surface area (Å²) in [6.45, 7) is 6.58. The second kappa shape index (κ2) is 9.91. The molecule has 6 nitrogen and oxygen atoms in total. The van der Waals surface area contributed by atoms with Crippen molar-refractivity contribution in [2.45, 2.75) is 45.8 Å². The van der Waals surface area contributed by atoms with Gasteiger partial charge in [0, 0.05) is 12.5 Å². The molecule has 7 heteroatoms. The van der Waals surface area contributed by atoms with Crippen LogP contribution in [0.2, 0.25) is 0 Å². The minimum absolute atomic E-state index is 0.309. The molecular formula is C22H26FNO5. The van der Waals surface area contributed by atoms with E-state index < -0.39 is 29.6 Å². The number of hydrogen-bond acceptors (Lipinski definition) is 5. The smallest absolute Gasteiger partial charge is 0.408 e. The average Bonchev–Trinajstić information content (AvgIpc) is 2.62. The summed E-state index contributed by atoms with van der Waals surface area (Å²) in [6.07, 6.45) is -0.883. The lowest BCUT2D eigenvalue weighted by molar-refractivity contribution is -0.147. The number of carbonyl (C=O) groups is 2. The highest BCUT2D eigenvalue weighted by Gasteiger charge is 2.18. The maximum absolute atomic E-state index is 13.7. The summed E-state index contributed by atoms with van der Waals surface area (Å²) in [7, 11) is 0. The molecule has 2 aromatic carbocycles. The molecule has 0 heterocycles. The average molecular weight is 403 g/mol. The summed E-state index contributed by atoms with van der Waals surface area (Å²) < 4.78 is 29.8. The van der Waals surface area contributed by atoms with Crippen molar-refractivity contribution in [1.82, 2.24) is 5.32 Å². The highest BCUT2D eigenvalue weighted by atomic mass is 19.1. The Morgan fingerprint density at radius 1 is 1.10 bits per heavy atom. The van der Waals surface area contributed by atoms with Crippen LogP contribution in [-0.4, -0.2) is 30.3 Å². The molecule has 0 aromatic heterocycles. The number of benzene rings is 2. The molecule has 0 spiro atoms. The minimum atomic E-state index is -0.695. The number of nitrogens with one attached hydrogen (secondary N) is 1. The van der Waals surface area contributed by atoms with E-state index in [1.807, 2.05) is 18.2 Å². The Bertz CT molecular complexity index is 833. The van der Waals surface area contributed by atoms with Crippen molar-refractivity contribution < 1.29 is 28.2 Å². The van der Waals surface area contributed by atoms with Crippen molar-refractivity contribution in [3.05, 3.63) is 59.9 Å². The van der Waals surface area contributed by atoms with E-state index in [9.17, 15) is 14.0 Å². The fourth-order valence-corrected chi connectivity index (χ4v) is 2.48. The van der Waals surface area contributed by atoms with Crippen molar-refractivity contribution >= 4 is 12.1 Å². The van der Waals surface area contributed by atoms with Gasteiger partial charge in [-0.2, -0.15) is 0 Å². The molecule has 0 bridgehead atoms. The highest BCUT2D eigenvalue weighted by molar-refractivity contribution is 5.78. The molecule has 0 saturated heterocycles. The predicted octanol–water partition coefficient (Wildman–Crippen LogP) is 4.62. The highest BCUT2D eigenvalue weighted by Crippen LogP contribution is 2.27. The van der Waals surface area contributed by atoms with Gasteiger partial charge in [-0.3, -0.25) is 4.79 Å². The van der Waals surface area contributed by atoms with Gasteiger partial charge in [0.2, 0.25) is 0 Å². The maximum Gasteiger partial charge on any atom is 0.408 e. The van der Waals surface area contributed by atoms with Crippen LogP contribution in [0.15, 0.2) is 48.5 Å². The molecule has 0 aliphatic rings. The molecular weight excluding hydrogens is 377 g/mol. The van der Waals surface area contributed by atoms with Crippen LogP contribution in [0.4, 0.5) is 9.18 Å². The van der Waals surface area contributed by atoms with Crippen LogP contribution in [0.3, 0.4) is 0 Å². The van der Waals surface area contributed by atoms with Gasteiger partial charge in [0.1, 0.15) is 35.6 Å². The number of esters is 1. The first-order valence-corrected chi connectivity index (χ1v) is 9.30. The number of rotatable bonds is 7.